The summed E-state index contributed by atoms with van der Waals surface area (Å²) >= 11 is 0. The zero-order valence-corrected chi connectivity index (χ0v) is 14.7. The molecule has 0 radical (unpaired) electrons. The summed E-state index contributed by atoms with van der Waals surface area (Å²) in [5.74, 6) is -0.476. The molecule has 4 amide bonds. The molecule has 0 aliphatic carbocycles. The fourth-order valence-electron chi connectivity index (χ4n) is 3.12. The standard InChI is InChI=1S/C18H22N4O3/c1-19(10-11-22-9-8-13-6-4-5-7-14(13)22)16(23)12-15-17(24)21(3)18(25)20(15)2/h4-9,15H,10-12H2,1-3H3/t15-/m1/s1. The second kappa shape index (κ2) is 6.58. The maximum Gasteiger partial charge on any atom is 0.326 e. The lowest BCUT2D eigenvalue weighted by Crippen LogP contribution is -2.39. The van der Waals surface area contributed by atoms with Gasteiger partial charge in [0, 0.05) is 45.9 Å². The van der Waals surface area contributed by atoms with Crippen molar-refractivity contribution < 1.29 is 14.4 Å². The summed E-state index contributed by atoms with van der Waals surface area (Å²) in [5.41, 5.74) is 1.13. The third-order valence-electron chi connectivity index (χ3n) is 4.82. The first-order chi connectivity index (χ1) is 11.9. The lowest BCUT2D eigenvalue weighted by atomic mass is 10.1. The van der Waals surface area contributed by atoms with Crippen molar-refractivity contribution in [2.45, 2.75) is 19.0 Å². The van der Waals surface area contributed by atoms with Crippen LogP contribution >= 0.6 is 0 Å². The van der Waals surface area contributed by atoms with Crippen LogP contribution in [0.1, 0.15) is 6.42 Å². The van der Waals surface area contributed by atoms with Crippen LogP contribution in [0.4, 0.5) is 4.79 Å². The number of imide groups is 1. The number of hydrogen-bond acceptors (Lipinski definition) is 3. The molecule has 1 aromatic carbocycles. The van der Waals surface area contributed by atoms with Crippen LogP contribution < -0.4 is 0 Å². The second-order valence-electron chi connectivity index (χ2n) is 6.39. The van der Waals surface area contributed by atoms with Crippen LogP contribution in [-0.4, -0.2) is 70.8 Å². The maximum absolute atomic E-state index is 12.4. The topological polar surface area (TPSA) is 65.9 Å². The van der Waals surface area contributed by atoms with E-state index in [2.05, 4.69) is 10.6 Å². The molecule has 2 heterocycles. The van der Waals surface area contributed by atoms with Crippen molar-refractivity contribution in [3.05, 3.63) is 36.5 Å². The van der Waals surface area contributed by atoms with E-state index in [1.807, 2.05) is 30.5 Å². The van der Waals surface area contributed by atoms with E-state index >= 15 is 0 Å². The van der Waals surface area contributed by atoms with Gasteiger partial charge in [-0.25, -0.2) is 4.79 Å². The van der Waals surface area contributed by atoms with Crippen LogP contribution in [-0.2, 0) is 16.1 Å². The molecule has 7 heteroatoms. The van der Waals surface area contributed by atoms with Gasteiger partial charge in [-0.05, 0) is 17.5 Å². The second-order valence-corrected chi connectivity index (χ2v) is 6.39. The van der Waals surface area contributed by atoms with Crippen LogP contribution in [0.3, 0.4) is 0 Å². The summed E-state index contributed by atoms with van der Waals surface area (Å²) in [4.78, 5) is 40.3. The number of nitrogens with zero attached hydrogens (tertiary/aromatic N) is 4. The lowest BCUT2D eigenvalue weighted by Gasteiger charge is -2.21. The number of rotatable bonds is 5. The molecule has 0 N–H and O–H groups in total. The fraction of sp³-hybridized carbons (Fsp3) is 0.389. The van der Waals surface area contributed by atoms with Gasteiger partial charge in [-0.3, -0.25) is 14.5 Å². The molecule has 2 aromatic rings. The van der Waals surface area contributed by atoms with Gasteiger partial charge in [0.15, 0.2) is 0 Å². The van der Waals surface area contributed by atoms with Crippen LogP contribution in [0.5, 0.6) is 0 Å². The van der Waals surface area contributed by atoms with E-state index in [0.29, 0.717) is 13.1 Å². The van der Waals surface area contributed by atoms with Gasteiger partial charge in [-0.15, -0.1) is 0 Å². The average Bonchev–Trinajstić information content (AvgIpc) is 3.11. The Morgan fingerprint density at radius 3 is 2.56 bits per heavy atom. The number of para-hydroxylation sites is 1. The Morgan fingerprint density at radius 1 is 1.16 bits per heavy atom. The Hall–Kier alpha value is -2.83. The molecule has 1 aliphatic heterocycles. The predicted octanol–water partition coefficient (Wildman–Crippen LogP) is 1.38. The van der Waals surface area contributed by atoms with Crippen molar-refractivity contribution in [1.82, 2.24) is 19.3 Å². The number of aromatic nitrogens is 1. The maximum atomic E-state index is 12.4. The summed E-state index contributed by atoms with van der Waals surface area (Å²) in [6.07, 6.45) is 2.01. The molecule has 1 atom stereocenters. The van der Waals surface area contributed by atoms with Crippen LogP contribution in [0.25, 0.3) is 10.9 Å². The Morgan fingerprint density at radius 2 is 1.88 bits per heavy atom. The van der Waals surface area contributed by atoms with Gasteiger partial charge in [0.05, 0.1) is 6.42 Å². The van der Waals surface area contributed by atoms with E-state index in [9.17, 15) is 14.4 Å². The number of likely N-dealkylation sites (N-methyl/N-ethyl adjacent to an activating group) is 3. The number of fused-ring (bicyclic) bond motifs is 1. The quantitative estimate of drug-likeness (QED) is 0.771. The first kappa shape index (κ1) is 17.0. The molecule has 1 aromatic heterocycles. The van der Waals surface area contributed by atoms with E-state index in [-0.39, 0.29) is 24.3 Å². The molecule has 7 nitrogen and oxygen atoms in total. The smallest absolute Gasteiger partial charge is 0.326 e. The third-order valence-corrected chi connectivity index (χ3v) is 4.82. The van der Waals surface area contributed by atoms with E-state index in [1.54, 1.807) is 19.0 Å². The van der Waals surface area contributed by atoms with Crippen molar-refractivity contribution in [3.63, 3.8) is 0 Å². The minimum atomic E-state index is -0.708. The van der Waals surface area contributed by atoms with Crippen molar-refractivity contribution in [2.75, 3.05) is 27.7 Å². The normalized spacial score (nSPS) is 17.6. The minimum absolute atomic E-state index is 0.00827. The molecule has 1 fully saturated rings. The molecule has 25 heavy (non-hydrogen) atoms. The Balaban J connectivity index is 1.60. The summed E-state index contributed by atoms with van der Waals surface area (Å²) in [6, 6.07) is 9.05. The summed E-state index contributed by atoms with van der Waals surface area (Å²) in [7, 11) is 4.71. The fourth-order valence-corrected chi connectivity index (χ4v) is 3.12. The monoisotopic (exact) mass is 342 g/mol. The van der Waals surface area contributed by atoms with Gasteiger partial charge in [0.1, 0.15) is 6.04 Å². The van der Waals surface area contributed by atoms with Crippen molar-refractivity contribution in [3.8, 4) is 0 Å². The number of benzene rings is 1. The summed E-state index contributed by atoms with van der Waals surface area (Å²) in [6.45, 7) is 1.20. The highest BCUT2D eigenvalue weighted by molar-refractivity contribution is 6.05. The van der Waals surface area contributed by atoms with Crippen LogP contribution in [0.2, 0.25) is 0 Å². The van der Waals surface area contributed by atoms with Gasteiger partial charge in [-0.2, -0.15) is 0 Å². The first-order valence-corrected chi connectivity index (χ1v) is 8.22. The first-order valence-electron chi connectivity index (χ1n) is 8.22. The molecular formula is C18H22N4O3. The molecule has 1 saturated heterocycles. The van der Waals surface area contributed by atoms with Crippen molar-refractivity contribution >= 4 is 28.7 Å². The number of carbonyl (C=O) groups excluding carboxylic acids is 3. The molecule has 1 aliphatic rings. The van der Waals surface area contributed by atoms with Gasteiger partial charge < -0.3 is 14.4 Å². The van der Waals surface area contributed by atoms with Crippen molar-refractivity contribution in [1.29, 1.82) is 0 Å². The number of hydrogen-bond donors (Lipinski definition) is 0. The molecule has 132 valence electrons. The predicted molar refractivity (Wildman–Crippen MR) is 93.9 cm³/mol. The average molecular weight is 342 g/mol. The molecule has 3 rings (SSSR count). The number of amides is 4. The highest BCUT2D eigenvalue weighted by Crippen LogP contribution is 2.18. The van der Waals surface area contributed by atoms with Crippen molar-refractivity contribution in [2.24, 2.45) is 0 Å². The largest absolute Gasteiger partial charge is 0.346 e. The number of carbonyl (C=O) groups is 3. The molecule has 0 spiro atoms. The van der Waals surface area contributed by atoms with Gasteiger partial charge >= 0.3 is 6.03 Å². The van der Waals surface area contributed by atoms with Crippen LogP contribution in [0, 0.1) is 0 Å². The molecule has 0 saturated carbocycles. The Kier molecular flexibility index (Phi) is 4.48. The zero-order chi connectivity index (χ0) is 18.1. The number of urea groups is 1. The summed E-state index contributed by atoms with van der Waals surface area (Å²) < 4.78 is 2.10. The van der Waals surface area contributed by atoms with Gasteiger partial charge in [0.25, 0.3) is 5.91 Å². The Bertz CT molecular complexity index is 829. The SMILES string of the molecule is CN(CCn1ccc2ccccc21)C(=O)C[C@@H]1C(=O)N(C)C(=O)N1C. The highest BCUT2D eigenvalue weighted by Gasteiger charge is 2.42. The van der Waals surface area contributed by atoms with Gasteiger partial charge in [-0.1, -0.05) is 18.2 Å². The minimum Gasteiger partial charge on any atom is -0.346 e. The third kappa shape index (κ3) is 3.09. The molecule has 0 unspecified atom stereocenters. The van der Waals surface area contributed by atoms with E-state index in [4.69, 9.17) is 0 Å². The van der Waals surface area contributed by atoms with Crippen LogP contribution in [0.15, 0.2) is 36.5 Å². The van der Waals surface area contributed by atoms with E-state index in [0.717, 1.165) is 15.8 Å². The molecular weight excluding hydrogens is 320 g/mol. The highest BCUT2D eigenvalue weighted by atomic mass is 16.2. The van der Waals surface area contributed by atoms with E-state index < -0.39 is 6.04 Å². The lowest BCUT2D eigenvalue weighted by molar-refractivity contribution is -0.135. The zero-order valence-electron chi connectivity index (χ0n) is 14.7. The molecule has 0 bridgehead atoms. The Labute approximate surface area is 146 Å². The van der Waals surface area contributed by atoms with E-state index in [1.165, 1.54) is 11.9 Å². The summed E-state index contributed by atoms with van der Waals surface area (Å²) in [5, 5.41) is 1.16. The van der Waals surface area contributed by atoms with Gasteiger partial charge in [0.2, 0.25) is 5.91 Å².